The molecule has 6 rings (SSSR count). The number of nitrogens with two attached hydrogens (primary N) is 5. The normalized spacial score (nSPS) is 14.8. The Bertz CT molecular complexity index is 3470. The third-order valence-corrected chi connectivity index (χ3v) is 19.3. The van der Waals surface area contributed by atoms with E-state index in [4.69, 9.17) is 28.7 Å². The fraction of sp³-hybridized carbons (Fsp3) is 0.593. The van der Waals surface area contributed by atoms with Crippen LogP contribution in [0.2, 0.25) is 0 Å². The van der Waals surface area contributed by atoms with Crippen LogP contribution in [0.15, 0.2) is 72.8 Å². The Kier molecular flexibility index (Phi) is 39.1. The van der Waals surface area contributed by atoms with Gasteiger partial charge < -0.3 is 55.3 Å². The topological polar surface area (TPSA) is 446 Å². The molecule has 3 aromatic rings. The van der Waals surface area contributed by atoms with Crippen LogP contribution in [0.3, 0.4) is 0 Å². The summed E-state index contributed by atoms with van der Waals surface area (Å²) < 4.78 is 0. The summed E-state index contributed by atoms with van der Waals surface area (Å²) in [7, 11) is 0. The quantitative estimate of drug-likeness (QED) is 0.0238. The van der Waals surface area contributed by atoms with Crippen LogP contribution in [0.4, 0.5) is 17.1 Å². The van der Waals surface area contributed by atoms with Crippen LogP contribution in [0.25, 0.3) is 0 Å². The second kappa shape index (κ2) is 43.6. The lowest BCUT2D eigenvalue weighted by molar-refractivity contribution is -0.133. The van der Waals surface area contributed by atoms with Gasteiger partial charge in [0.15, 0.2) is 28.9 Å². The van der Waals surface area contributed by atoms with Crippen LogP contribution in [0.5, 0.6) is 0 Å². The summed E-state index contributed by atoms with van der Waals surface area (Å²) in [6, 6.07) is 17.4. The first-order chi connectivity index (χ1) is 48.7. The van der Waals surface area contributed by atoms with Gasteiger partial charge in [0.25, 0.3) is 0 Å². The zero-order valence-corrected chi connectivity index (χ0v) is 64.9. The van der Waals surface area contributed by atoms with Crippen LogP contribution in [0.1, 0.15) is 262 Å². The van der Waals surface area contributed by atoms with E-state index in [2.05, 4.69) is 26.6 Å². The monoisotopic (exact) mass is 1480 g/mol. The molecule has 0 bridgehead atoms. The van der Waals surface area contributed by atoms with Gasteiger partial charge in [0, 0.05) is 108 Å². The predicted octanol–water partition coefficient (Wildman–Crippen LogP) is 9.62. The molecule has 0 aromatic heterocycles. The third-order valence-electron chi connectivity index (χ3n) is 19.3. The standard InChI is InChI=1S/2C18H24N2O3.C16H22N2O3.C15H28N2O3.C13H22N2O3.CH4/c2*1-11(21)18(2,3)10-15(22)16(20-17(23)12-7-8-12)13-5-4-6-14(19)9-13;1-10(19)16(3,4)9-14(21)15(18-11(2)20)12-6-5-7-13(17)8-12;1-5-7-14(20)17-12(8-6-9-16)13(19)10-15(3,4)11(2)18;1-9(16)13(5-6-13)8-12(18)11(4-3-7-14)15-10(2)17;/h2*4-6,9,12,16H,7-8,10,19H2,1-3H3,(H,20,23);5-8,15H,9,17H2,1-4H3,(H,18,20);12H,5-10,16H2,1-4H3,(H,17,20);11H,3-8,14H2,1-2H3,(H,15,17);1H4. The molecule has 5 amide bonds. The number of carbonyl (C=O) groups is 15. The van der Waals surface area contributed by atoms with Gasteiger partial charge in [0.2, 0.25) is 29.5 Å². The van der Waals surface area contributed by atoms with Gasteiger partial charge in [-0.05, 0) is 171 Å². The predicted molar refractivity (Wildman–Crippen MR) is 412 cm³/mol. The molecule has 0 radical (unpaired) electrons. The summed E-state index contributed by atoms with van der Waals surface area (Å²) in [6.07, 6.45) is 9.20. The first-order valence-electron chi connectivity index (χ1n) is 36.3. The lowest BCUT2D eigenvalue weighted by atomic mass is 9.81. The summed E-state index contributed by atoms with van der Waals surface area (Å²) >= 11 is 0. The second-order valence-electron chi connectivity index (χ2n) is 30.9. The molecule has 0 spiro atoms. The number of hydrogen-bond acceptors (Lipinski definition) is 20. The van der Waals surface area contributed by atoms with Crippen molar-refractivity contribution >= 4 is 104 Å². The number of rotatable bonds is 38. The minimum absolute atomic E-state index is 0. The first-order valence-corrected chi connectivity index (χ1v) is 36.3. The second-order valence-corrected chi connectivity index (χ2v) is 30.9. The molecule has 106 heavy (non-hydrogen) atoms. The smallest absolute Gasteiger partial charge is 0.223 e. The van der Waals surface area contributed by atoms with E-state index in [1.165, 1.54) is 48.5 Å². The van der Waals surface area contributed by atoms with E-state index in [9.17, 15) is 71.9 Å². The average molecular weight is 1480 g/mol. The van der Waals surface area contributed by atoms with Gasteiger partial charge in [0.05, 0.1) is 12.1 Å². The molecule has 3 aliphatic carbocycles. The zero-order chi connectivity index (χ0) is 80.1. The van der Waals surface area contributed by atoms with Crippen molar-refractivity contribution in [2.45, 2.75) is 258 Å². The molecule has 588 valence electrons. The van der Waals surface area contributed by atoms with Crippen LogP contribution in [0, 0.1) is 38.9 Å². The van der Waals surface area contributed by atoms with E-state index >= 15 is 0 Å². The summed E-state index contributed by atoms with van der Waals surface area (Å²) in [6.45, 7) is 27.0. The molecule has 5 atom stereocenters. The molecule has 3 aromatic carbocycles. The fourth-order valence-electron chi connectivity index (χ4n) is 10.6. The summed E-state index contributed by atoms with van der Waals surface area (Å²) in [5.74, 6) is -1.67. The van der Waals surface area contributed by atoms with Gasteiger partial charge in [-0.15, -0.1) is 0 Å². The molecule has 3 fully saturated rings. The van der Waals surface area contributed by atoms with Crippen molar-refractivity contribution in [2.24, 2.45) is 50.4 Å². The molecule has 25 heteroatoms. The highest BCUT2D eigenvalue weighted by atomic mass is 16.2. The minimum atomic E-state index is -0.787. The highest BCUT2D eigenvalue weighted by molar-refractivity contribution is 5.99. The number of hydrogen-bond donors (Lipinski definition) is 10. The van der Waals surface area contributed by atoms with Crippen molar-refractivity contribution in [1.82, 2.24) is 26.6 Å². The van der Waals surface area contributed by atoms with Gasteiger partial charge in [-0.25, -0.2) is 0 Å². The Balaban J connectivity index is 0.000000663. The molecule has 5 unspecified atom stereocenters. The van der Waals surface area contributed by atoms with Crippen LogP contribution < -0.4 is 55.3 Å². The maximum atomic E-state index is 12.7. The number of amides is 5. The van der Waals surface area contributed by atoms with Crippen LogP contribution >= 0.6 is 0 Å². The van der Waals surface area contributed by atoms with Gasteiger partial charge in [-0.3, -0.25) is 71.9 Å². The van der Waals surface area contributed by atoms with Crippen LogP contribution in [-0.2, 0) is 71.9 Å². The molecular weight excluding hydrogens is 1350 g/mol. The summed E-state index contributed by atoms with van der Waals surface area (Å²) in [4.78, 5) is 179. The van der Waals surface area contributed by atoms with Crippen molar-refractivity contribution in [1.29, 1.82) is 0 Å². The molecule has 0 aliphatic heterocycles. The number of benzene rings is 3. The lowest BCUT2D eigenvalue weighted by Gasteiger charge is -2.25. The maximum Gasteiger partial charge on any atom is 0.223 e. The Morgan fingerprint density at radius 1 is 0.434 bits per heavy atom. The first kappa shape index (κ1) is 95.0. The molecule has 3 aliphatic rings. The Morgan fingerprint density at radius 3 is 0.991 bits per heavy atom. The Hall–Kier alpha value is -8.97. The van der Waals surface area contributed by atoms with Gasteiger partial charge >= 0.3 is 0 Å². The average Bonchev–Trinajstić information content (AvgIpc) is 1.44. The summed E-state index contributed by atoms with van der Waals surface area (Å²) in [5, 5.41) is 13.7. The van der Waals surface area contributed by atoms with Crippen molar-refractivity contribution in [3.63, 3.8) is 0 Å². The highest BCUT2D eigenvalue weighted by Crippen LogP contribution is 2.50. The molecule has 0 heterocycles. The molecule has 15 N–H and O–H groups in total. The molecular formula is C81H124N10O15. The van der Waals surface area contributed by atoms with Crippen molar-refractivity contribution < 1.29 is 71.9 Å². The van der Waals surface area contributed by atoms with E-state index in [1.54, 1.807) is 128 Å². The number of ketones is 10. The number of anilines is 3. The third kappa shape index (κ3) is 33.6. The van der Waals surface area contributed by atoms with E-state index in [0.29, 0.717) is 78.9 Å². The SMILES string of the molecule is C.CC(=O)C(C)(C)CC(=O)C(NC(=O)C1CC1)c1cccc(N)c1.CC(=O)C(C)(C)CC(=O)C(NC(=O)C1CC1)c1cccc(N)c1.CC(=O)NC(C(=O)CC(C)(C)C(C)=O)c1cccc(N)c1.CC(=O)NC(CCCN)C(=O)CC1(C(C)=O)CC1.CCCC(=O)NC(CCCN)C(=O)CC(C)(C)C(C)=O. The molecule has 0 saturated heterocycles. The van der Waals surface area contributed by atoms with Gasteiger partial charge in [0.1, 0.15) is 47.0 Å². The number of nitrogens with one attached hydrogen (secondary N) is 5. The number of Topliss-reactive ketones (excluding diaryl/α,β-unsaturated/α-hetero) is 10. The van der Waals surface area contributed by atoms with Crippen LogP contribution in [-0.4, -0.2) is 113 Å². The molecule has 25 nitrogen and oxygen atoms in total. The van der Waals surface area contributed by atoms with E-state index in [1.807, 2.05) is 6.92 Å². The van der Waals surface area contributed by atoms with Gasteiger partial charge in [-0.2, -0.15) is 0 Å². The van der Waals surface area contributed by atoms with Crippen molar-refractivity contribution in [3.05, 3.63) is 89.5 Å². The van der Waals surface area contributed by atoms with Crippen molar-refractivity contribution in [3.8, 4) is 0 Å². The zero-order valence-electron chi connectivity index (χ0n) is 64.9. The van der Waals surface area contributed by atoms with Crippen molar-refractivity contribution in [2.75, 3.05) is 30.3 Å². The fourth-order valence-corrected chi connectivity index (χ4v) is 10.6. The largest absolute Gasteiger partial charge is 0.399 e. The Morgan fingerprint density at radius 2 is 0.736 bits per heavy atom. The minimum Gasteiger partial charge on any atom is -0.399 e. The van der Waals surface area contributed by atoms with E-state index < -0.39 is 57.3 Å². The number of nitrogen functional groups attached to an aromatic ring is 3. The van der Waals surface area contributed by atoms with Gasteiger partial charge in [-0.1, -0.05) is 106 Å². The molecule has 3 saturated carbocycles. The Labute approximate surface area is 627 Å². The van der Waals surface area contributed by atoms with E-state index in [0.717, 1.165) is 44.9 Å². The van der Waals surface area contributed by atoms with E-state index in [-0.39, 0.29) is 139 Å². The number of carbonyl (C=O) groups excluding carboxylic acids is 15. The lowest BCUT2D eigenvalue weighted by Crippen LogP contribution is -2.43. The highest BCUT2D eigenvalue weighted by Gasteiger charge is 2.49. The maximum absolute atomic E-state index is 12.7. The summed E-state index contributed by atoms with van der Waals surface area (Å²) in [5.41, 5.74) is 28.3.